The average molecular weight is 672 g/mol. The van der Waals surface area contributed by atoms with Crippen molar-refractivity contribution < 1.29 is 14.3 Å². The predicted octanol–water partition coefficient (Wildman–Crippen LogP) is 7.78. The van der Waals surface area contributed by atoms with Gasteiger partial charge in [0.05, 0.1) is 47.4 Å². The van der Waals surface area contributed by atoms with Crippen LogP contribution in [0.4, 0.5) is 0 Å². The van der Waals surface area contributed by atoms with Gasteiger partial charge in [-0.25, -0.2) is 0 Å². The minimum Gasteiger partial charge on any atom is -0.493 e. The molecule has 3 aromatic heterocycles. The Hall–Kier alpha value is -3.62. The van der Waals surface area contributed by atoms with Crippen LogP contribution in [0.2, 0.25) is 5.02 Å². The molecule has 0 spiro atoms. The monoisotopic (exact) mass is 671 g/mol. The third kappa shape index (κ3) is 5.53. The molecule has 1 atom stereocenters. The molecule has 0 saturated carbocycles. The van der Waals surface area contributed by atoms with Gasteiger partial charge in [-0.05, 0) is 55.0 Å². The molecule has 1 aliphatic rings. The Labute approximate surface area is 279 Å². The van der Waals surface area contributed by atoms with Crippen LogP contribution in [-0.4, -0.2) is 36.3 Å². The van der Waals surface area contributed by atoms with Gasteiger partial charge in [0, 0.05) is 65.1 Å². The maximum atomic E-state index is 13.1. The molecule has 8 nitrogen and oxygen atoms in total. The Bertz CT molecular complexity index is 2150. The van der Waals surface area contributed by atoms with E-state index in [0.29, 0.717) is 30.4 Å². The molecule has 3 aromatic carbocycles. The summed E-state index contributed by atoms with van der Waals surface area (Å²) in [5, 5.41) is 13.4. The van der Waals surface area contributed by atoms with Crippen molar-refractivity contribution in [3.63, 3.8) is 0 Å². The molecule has 0 amide bonds. The second kappa shape index (κ2) is 12.5. The number of fused-ring (bicyclic) bond motifs is 8. The number of thioether (sulfide) groups is 1. The van der Waals surface area contributed by atoms with Gasteiger partial charge in [-0.3, -0.25) is 14.2 Å². The lowest BCUT2D eigenvalue weighted by molar-refractivity contribution is 0.101. The molecule has 0 fully saturated rings. The van der Waals surface area contributed by atoms with E-state index in [0.717, 1.165) is 84.0 Å². The van der Waals surface area contributed by atoms with Gasteiger partial charge in [-0.1, -0.05) is 51.2 Å². The minimum absolute atomic E-state index is 0.0666. The van der Waals surface area contributed by atoms with Crippen LogP contribution in [0.3, 0.4) is 0 Å². The molecule has 1 aliphatic heterocycles. The molecule has 1 unspecified atom stereocenters. The number of halogens is 1. The largest absolute Gasteiger partial charge is 0.493 e. The highest BCUT2D eigenvalue weighted by Crippen LogP contribution is 2.42. The van der Waals surface area contributed by atoms with Gasteiger partial charge < -0.3 is 14.0 Å². The predicted molar refractivity (Wildman–Crippen MR) is 188 cm³/mol. The number of aryl methyl sites for hydroxylation is 4. The Balaban J connectivity index is 1.36. The van der Waals surface area contributed by atoms with Gasteiger partial charge in [-0.15, -0.1) is 11.8 Å². The lowest BCUT2D eigenvalue weighted by Crippen LogP contribution is -2.05. The molecule has 4 heterocycles. The number of hydrogen-bond donors (Lipinski definition) is 0. The number of benzene rings is 3. The minimum atomic E-state index is -0.0666. The smallest absolute Gasteiger partial charge is 0.194 e. The van der Waals surface area contributed by atoms with E-state index >= 15 is 0 Å². The second-order valence-corrected chi connectivity index (χ2v) is 13.7. The maximum Gasteiger partial charge on any atom is 0.194 e. The van der Waals surface area contributed by atoms with Gasteiger partial charge >= 0.3 is 0 Å². The Kier molecular flexibility index (Phi) is 8.45. The van der Waals surface area contributed by atoms with Gasteiger partial charge in [-0.2, -0.15) is 10.2 Å². The first-order chi connectivity index (χ1) is 22.2. The maximum absolute atomic E-state index is 13.1. The molecule has 0 aliphatic carbocycles. The average Bonchev–Trinajstić information content (AvgIpc) is 3.63. The van der Waals surface area contributed by atoms with E-state index < -0.39 is 0 Å². The normalized spacial score (nSPS) is 14.3. The fourth-order valence-electron chi connectivity index (χ4n) is 6.58. The number of hydrogen-bond acceptors (Lipinski definition) is 6. The zero-order valence-corrected chi connectivity index (χ0v) is 29.0. The van der Waals surface area contributed by atoms with Crippen molar-refractivity contribution in [2.45, 2.75) is 43.6 Å². The zero-order chi connectivity index (χ0) is 32.1. The Morgan fingerprint density at radius 3 is 2.63 bits per heavy atom. The van der Waals surface area contributed by atoms with Crippen LogP contribution in [-0.2, 0) is 51.3 Å². The highest BCUT2D eigenvalue weighted by molar-refractivity contribution is 7.98. The fourth-order valence-corrected chi connectivity index (χ4v) is 8.18. The third-order valence-corrected chi connectivity index (χ3v) is 10.4. The van der Waals surface area contributed by atoms with Crippen molar-refractivity contribution in [1.29, 1.82) is 0 Å². The topological polar surface area (TPSA) is 76.1 Å². The molecular weight excluding hydrogens is 637 g/mol. The number of ether oxygens (including phenoxy) is 2. The van der Waals surface area contributed by atoms with Crippen LogP contribution in [0.1, 0.15) is 45.2 Å². The number of carbonyl (C=O) groups excluding carboxylic acids is 1. The van der Waals surface area contributed by atoms with Crippen LogP contribution in [0.5, 0.6) is 5.75 Å². The molecule has 6 aromatic rings. The molecule has 0 N–H and O–H groups in total. The molecule has 8 bridgehead atoms. The van der Waals surface area contributed by atoms with Crippen molar-refractivity contribution in [3.8, 4) is 16.9 Å². The first-order valence-electron chi connectivity index (χ1n) is 15.2. The molecule has 236 valence electrons. The van der Waals surface area contributed by atoms with E-state index in [-0.39, 0.29) is 12.1 Å². The highest BCUT2D eigenvalue weighted by Gasteiger charge is 2.26. The zero-order valence-electron chi connectivity index (χ0n) is 26.3. The van der Waals surface area contributed by atoms with Crippen LogP contribution >= 0.6 is 32.6 Å². The Morgan fingerprint density at radius 1 is 0.978 bits per heavy atom. The summed E-state index contributed by atoms with van der Waals surface area (Å²) >= 11 is 8.76. The molecule has 7 rings (SSSR count). The standard InChI is InChI=1S/C35H35ClN5O3PS/c1-20-31-29(38-40(20)3)18-43-17-22-15-23(41(4)37-22)19-46-24-14-21-8-5-6-9-25(21)30(16-24)44-13-7-10-26-27-11-12-28(36)32(31)33(27)39(2)34(26)35(42)45/h5-6,8-9,11-12,14-16H,7,10,13,17-19,45H2,1-4H3. The van der Waals surface area contributed by atoms with E-state index in [2.05, 4.69) is 45.6 Å². The Morgan fingerprint density at radius 2 is 1.80 bits per heavy atom. The summed E-state index contributed by atoms with van der Waals surface area (Å²) in [7, 11) is 8.20. The first kappa shape index (κ1) is 31.0. The quantitative estimate of drug-likeness (QED) is 0.166. The summed E-state index contributed by atoms with van der Waals surface area (Å²) in [6.45, 7) is 3.17. The van der Waals surface area contributed by atoms with Crippen molar-refractivity contribution in [1.82, 2.24) is 24.1 Å². The summed E-state index contributed by atoms with van der Waals surface area (Å²) in [4.78, 5) is 14.2. The van der Waals surface area contributed by atoms with E-state index in [9.17, 15) is 4.79 Å². The number of carbonyl (C=O) groups is 1. The summed E-state index contributed by atoms with van der Waals surface area (Å²) < 4.78 is 18.5. The van der Waals surface area contributed by atoms with Crippen molar-refractivity contribution >= 4 is 59.8 Å². The van der Waals surface area contributed by atoms with Gasteiger partial charge in [0.15, 0.2) is 5.52 Å². The van der Waals surface area contributed by atoms with E-state index in [4.69, 9.17) is 31.3 Å². The van der Waals surface area contributed by atoms with Crippen molar-refractivity contribution in [2.75, 3.05) is 6.61 Å². The van der Waals surface area contributed by atoms with Crippen molar-refractivity contribution in [2.24, 2.45) is 21.1 Å². The van der Waals surface area contributed by atoms with E-state index in [1.165, 1.54) is 0 Å². The van der Waals surface area contributed by atoms with Crippen LogP contribution in [0.15, 0.2) is 59.5 Å². The van der Waals surface area contributed by atoms with Gasteiger partial charge in [0.2, 0.25) is 0 Å². The van der Waals surface area contributed by atoms with E-state index in [1.54, 1.807) is 11.8 Å². The highest BCUT2D eigenvalue weighted by atomic mass is 35.5. The summed E-state index contributed by atoms with van der Waals surface area (Å²) in [5.41, 5.74) is 7.97. The van der Waals surface area contributed by atoms with E-state index in [1.807, 2.05) is 60.2 Å². The van der Waals surface area contributed by atoms with Crippen molar-refractivity contribution in [3.05, 3.63) is 93.7 Å². The molecule has 11 heteroatoms. The lowest BCUT2D eigenvalue weighted by Gasteiger charge is -2.12. The molecule has 0 radical (unpaired) electrons. The SMILES string of the molecule is Cc1c2c(nn1C)COCc1cc(n(C)n1)CSc1cc(c3ccccc3c1)OCCCc1c(C(=O)P)n(C)c3c-2c(Cl)ccc13. The second-order valence-electron chi connectivity index (χ2n) is 11.7. The third-order valence-electron chi connectivity index (χ3n) is 8.83. The van der Waals surface area contributed by atoms with Crippen LogP contribution in [0.25, 0.3) is 32.8 Å². The van der Waals surface area contributed by atoms with Gasteiger partial charge in [0.1, 0.15) is 5.75 Å². The number of aromatic nitrogens is 5. The number of rotatable bonds is 1. The van der Waals surface area contributed by atoms with Crippen LogP contribution < -0.4 is 4.74 Å². The number of nitrogens with zero attached hydrogens (tertiary/aromatic N) is 5. The first-order valence-corrected chi connectivity index (χ1v) is 17.2. The van der Waals surface area contributed by atoms with Gasteiger partial charge in [0.25, 0.3) is 0 Å². The lowest BCUT2D eigenvalue weighted by atomic mass is 9.98. The molecular formula is C35H35ClN5O3PS. The van der Waals surface area contributed by atoms with Crippen LogP contribution in [0, 0.1) is 6.92 Å². The molecule has 46 heavy (non-hydrogen) atoms. The molecule has 0 saturated heterocycles. The summed E-state index contributed by atoms with van der Waals surface area (Å²) in [6.07, 6.45) is 1.40. The summed E-state index contributed by atoms with van der Waals surface area (Å²) in [6, 6.07) is 18.7. The fraction of sp³-hybridized carbons (Fsp3) is 0.286. The summed E-state index contributed by atoms with van der Waals surface area (Å²) in [5.74, 6) is 1.62.